The predicted octanol–water partition coefficient (Wildman–Crippen LogP) is 29.1. The number of hydrogen-bond donors (Lipinski definition) is 0. The molecule has 0 amide bonds. The lowest BCUT2D eigenvalue weighted by Gasteiger charge is -2.25. The van der Waals surface area contributed by atoms with Gasteiger partial charge >= 0.3 is 0 Å². The molecule has 0 saturated carbocycles. The van der Waals surface area contributed by atoms with E-state index in [2.05, 4.69) is 326 Å². The van der Waals surface area contributed by atoms with E-state index >= 15 is 0 Å². The van der Waals surface area contributed by atoms with E-state index in [9.17, 15) is 0 Å². The molecule has 0 saturated heterocycles. The molecule has 0 N–H and O–H groups in total. The minimum absolute atomic E-state index is 0. The van der Waals surface area contributed by atoms with Gasteiger partial charge in [0.25, 0.3) is 0 Å². The first-order valence-electron chi connectivity index (χ1n) is 42.1. The van der Waals surface area contributed by atoms with Gasteiger partial charge in [0.15, 0.2) is 23.3 Å². The average Bonchev–Trinajstić information content (AvgIpc) is 1.58. The fourth-order valence-corrected chi connectivity index (χ4v) is 18.6. The molecule has 7 heterocycles. The summed E-state index contributed by atoms with van der Waals surface area (Å²) in [6, 6.07) is 154. The highest BCUT2D eigenvalue weighted by molar-refractivity contribution is 7.00. The Morgan fingerprint density at radius 2 is 0.441 bits per heavy atom. The van der Waals surface area contributed by atoms with Crippen molar-refractivity contribution in [1.29, 1.82) is 0 Å². The topological polar surface area (TPSA) is 126 Å². The standard InChI is InChI=1S/2C39H25N5.C34H23N3S.CH4/c1-4-14-26(15-5-1)37-40-38(27-16-6-2-7-17-27)42-39(41-37)44-34-23-13-11-21-30(34)32-24-35-31(25-36(32)44)29-20-10-12-22-33(29)43(35)28-18-8-3-9-19-28;1-4-14-26(15-5-1)37-40-38(27-16-6-2-7-17-27)42-39(41-37)44-34-23-13-11-21-30(34)32-24-31-29-20-10-12-22-33(29)43(35(31)25-36(32)44)28-18-8-3-9-19-28;1-4-12-24(13-5-1)31-29-18-10-11-19-30(29)32(34-33(31)35-38-36-34)25-20-22-28(23-21-25)37(26-14-6-2-7-15-26)27-16-8-3-9-17-27;/h2*1-25H;1-23H;1H4. The van der Waals surface area contributed by atoms with Gasteiger partial charge < -0.3 is 14.0 Å². The third-order valence-corrected chi connectivity index (χ3v) is 24.2. The summed E-state index contributed by atoms with van der Waals surface area (Å²) in [7, 11) is 0. The molecule has 0 unspecified atom stereocenters. The molecule has 0 fully saturated rings. The van der Waals surface area contributed by atoms with Crippen molar-refractivity contribution in [3.05, 3.63) is 443 Å². The molecule has 0 atom stereocenters. The summed E-state index contributed by atoms with van der Waals surface area (Å²) < 4.78 is 18.7. The molecule has 0 aliphatic carbocycles. The fraction of sp³-hybridized carbons (Fsp3) is 0.00885. The minimum atomic E-state index is 0. The second-order valence-electron chi connectivity index (χ2n) is 31.1. The molecular formula is C113H77N13S. The van der Waals surface area contributed by atoms with Crippen molar-refractivity contribution < 1.29 is 0 Å². The van der Waals surface area contributed by atoms with E-state index in [-0.39, 0.29) is 7.43 Å². The number of aromatic nitrogens is 12. The van der Waals surface area contributed by atoms with Crippen LogP contribution in [0.2, 0.25) is 0 Å². The Hall–Kier alpha value is -16.9. The van der Waals surface area contributed by atoms with Crippen molar-refractivity contribution in [2.75, 3.05) is 4.90 Å². The van der Waals surface area contributed by atoms with Gasteiger partial charge in [-0.3, -0.25) is 9.13 Å². The van der Waals surface area contributed by atoms with E-state index in [4.69, 9.17) is 38.7 Å². The van der Waals surface area contributed by atoms with Crippen LogP contribution < -0.4 is 4.90 Å². The number of para-hydroxylation sites is 8. The van der Waals surface area contributed by atoms with Crippen molar-refractivity contribution in [2.24, 2.45) is 0 Å². The normalized spacial score (nSPS) is 11.4. The highest BCUT2D eigenvalue weighted by Gasteiger charge is 2.26. The number of rotatable bonds is 13. The zero-order chi connectivity index (χ0) is 83.4. The molecule has 14 heteroatoms. The first-order valence-corrected chi connectivity index (χ1v) is 42.8. The lowest BCUT2D eigenvalue weighted by molar-refractivity contribution is 0.953. The molecule has 600 valence electrons. The molecule has 0 aliphatic heterocycles. The van der Waals surface area contributed by atoms with Crippen LogP contribution in [0.25, 0.3) is 200 Å². The van der Waals surface area contributed by atoms with E-state index in [1.807, 2.05) is 140 Å². The number of anilines is 3. The number of hydrogen-bond acceptors (Lipinski definition) is 10. The molecular weight excluding hydrogens is 1570 g/mol. The zero-order valence-corrected chi connectivity index (χ0v) is 68.7. The number of fused-ring (bicyclic) bond motifs is 14. The summed E-state index contributed by atoms with van der Waals surface area (Å²) in [5, 5.41) is 11.8. The van der Waals surface area contributed by atoms with E-state index < -0.39 is 0 Å². The summed E-state index contributed by atoms with van der Waals surface area (Å²) in [5.41, 5.74) is 24.7. The third-order valence-electron chi connectivity index (χ3n) is 23.7. The van der Waals surface area contributed by atoms with E-state index in [0.717, 1.165) is 133 Å². The minimum Gasteiger partial charge on any atom is -0.311 e. The Morgan fingerprint density at radius 3 is 0.795 bits per heavy atom. The van der Waals surface area contributed by atoms with Crippen LogP contribution in [0.4, 0.5) is 17.1 Å². The predicted molar refractivity (Wildman–Crippen MR) is 526 cm³/mol. The van der Waals surface area contributed by atoms with E-state index in [0.29, 0.717) is 35.2 Å². The molecule has 25 rings (SSSR count). The maximum atomic E-state index is 5.11. The van der Waals surface area contributed by atoms with Crippen LogP contribution in [0, 0.1) is 0 Å². The van der Waals surface area contributed by atoms with Crippen LogP contribution in [0.1, 0.15) is 7.43 Å². The average molecular weight is 1650 g/mol. The Morgan fingerprint density at radius 1 is 0.189 bits per heavy atom. The molecule has 7 aromatic heterocycles. The fourth-order valence-electron chi connectivity index (χ4n) is 18.1. The van der Waals surface area contributed by atoms with Gasteiger partial charge in [0.05, 0.1) is 55.9 Å². The van der Waals surface area contributed by atoms with Gasteiger partial charge in [-0.2, -0.15) is 28.7 Å². The van der Waals surface area contributed by atoms with Gasteiger partial charge in [0.1, 0.15) is 11.0 Å². The molecule has 0 bridgehead atoms. The van der Waals surface area contributed by atoms with Gasteiger partial charge in [0.2, 0.25) is 11.9 Å². The van der Waals surface area contributed by atoms with Crippen LogP contribution >= 0.6 is 11.7 Å². The van der Waals surface area contributed by atoms with Crippen LogP contribution in [0.3, 0.4) is 0 Å². The largest absolute Gasteiger partial charge is 0.311 e. The van der Waals surface area contributed by atoms with Crippen molar-refractivity contribution in [3.8, 4) is 91.1 Å². The molecule has 0 radical (unpaired) electrons. The van der Waals surface area contributed by atoms with Crippen molar-refractivity contribution in [3.63, 3.8) is 0 Å². The van der Waals surface area contributed by atoms with Crippen molar-refractivity contribution in [2.45, 2.75) is 7.43 Å². The SMILES string of the molecule is C.c1ccc(-c2c3ccccc3c(-c3ccc(N(c4ccccc4)c4ccccc4)cc3)c3nsnc23)cc1.c1ccc(-c2nc(-c3ccccc3)nc(-n3c4ccccc4c4cc5c(cc43)c3ccccc3n5-c3ccccc3)n2)cc1.c1ccc(-c2nc(-c3ccccc3)nc(-n3c4ccccc4c4cc5c6ccccc6n(-c6ccccc6)c5cc43)n2)cc1. The quantitative estimate of drug-likeness (QED) is 0.111. The molecule has 0 spiro atoms. The maximum absolute atomic E-state index is 5.11. The highest BCUT2D eigenvalue weighted by atomic mass is 32.1. The van der Waals surface area contributed by atoms with Crippen LogP contribution in [-0.2, 0) is 0 Å². The monoisotopic (exact) mass is 1650 g/mol. The second kappa shape index (κ2) is 32.8. The molecule has 127 heavy (non-hydrogen) atoms. The van der Waals surface area contributed by atoms with Gasteiger partial charge in [-0.15, -0.1) is 0 Å². The van der Waals surface area contributed by atoms with Gasteiger partial charge in [-0.25, -0.2) is 9.97 Å². The molecule has 13 nitrogen and oxygen atoms in total. The Kier molecular flexibility index (Phi) is 19.7. The van der Waals surface area contributed by atoms with E-state index in [1.165, 1.54) is 60.6 Å². The summed E-state index contributed by atoms with van der Waals surface area (Å²) in [5.74, 6) is 3.74. The Labute approximate surface area is 736 Å². The molecule has 18 aromatic carbocycles. The van der Waals surface area contributed by atoms with E-state index in [1.54, 1.807) is 0 Å². The van der Waals surface area contributed by atoms with Gasteiger partial charge in [0, 0.05) is 105 Å². The number of nitrogens with zero attached hydrogens (tertiary/aromatic N) is 13. The van der Waals surface area contributed by atoms with Crippen molar-refractivity contribution >= 4 is 138 Å². The van der Waals surface area contributed by atoms with Crippen LogP contribution in [0.15, 0.2) is 443 Å². The Bertz CT molecular complexity index is 8190. The van der Waals surface area contributed by atoms with Gasteiger partial charge in [-0.1, -0.05) is 341 Å². The first kappa shape index (κ1) is 76.2. The number of benzene rings is 18. The first-order chi connectivity index (χ1) is 62.5. The summed E-state index contributed by atoms with van der Waals surface area (Å²) >= 11 is 1.28. The van der Waals surface area contributed by atoms with Crippen LogP contribution in [0.5, 0.6) is 0 Å². The maximum Gasteiger partial charge on any atom is 0.238 e. The molecule has 25 aromatic rings. The second-order valence-corrected chi connectivity index (χ2v) is 31.6. The van der Waals surface area contributed by atoms with Crippen molar-refractivity contribution in [1.82, 2.24) is 56.9 Å². The molecule has 0 aliphatic rings. The smallest absolute Gasteiger partial charge is 0.238 e. The third kappa shape index (κ3) is 13.7. The summed E-state index contributed by atoms with van der Waals surface area (Å²) in [6.45, 7) is 0. The lowest BCUT2D eigenvalue weighted by Crippen LogP contribution is -2.09. The highest BCUT2D eigenvalue weighted by Crippen LogP contribution is 2.47. The van der Waals surface area contributed by atoms with Gasteiger partial charge in [-0.05, 0) is 131 Å². The zero-order valence-electron chi connectivity index (χ0n) is 67.9. The van der Waals surface area contributed by atoms with Crippen LogP contribution in [-0.4, -0.2) is 56.9 Å². The summed E-state index contributed by atoms with van der Waals surface area (Å²) in [4.78, 5) is 32.6. The summed E-state index contributed by atoms with van der Waals surface area (Å²) in [6.07, 6.45) is 0. The Balaban J connectivity index is 0.000000112. The lowest BCUT2D eigenvalue weighted by atomic mass is 9.90.